The first-order valence-corrected chi connectivity index (χ1v) is 7.41. The van der Waals surface area contributed by atoms with Crippen LogP contribution in [0.5, 0.6) is 5.75 Å². The predicted molar refractivity (Wildman–Crippen MR) is 81.0 cm³/mol. The standard InChI is InChI=1S/C16H26N2O2/c1-4-15(17)16(18-9-10-20-12(2)11-18)13-5-7-14(19-3)8-6-13/h5-8,12,15-16H,4,9-11,17H2,1-3H3. The monoisotopic (exact) mass is 278 g/mol. The third kappa shape index (κ3) is 3.51. The number of morpholine rings is 1. The van der Waals surface area contributed by atoms with Gasteiger partial charge in [0.1, 0.15) is 5.75 Å². The van der Waals surface area contributed by atoms with Gasteiger partial charge in [0, 0.05) is 19.1 Å². The van der Waals surface area contributed by atoms with Crippen LogP contribution in [0.2, 0.25) is 0 Å². The van der Waals surface area contributed by atoms with Crippen LogP contribution in [0.15, 0.2) is 24.3 Å². The van der Waals surface area contributed by atoms with Gasteiger partial charge in [0.25, 0.3) is 0 Å². The van der Waals surface area contributed by atoms with Gasteiger partial charge in [-0.1, -0.05) is 19.1 Å². The molecule has 4 nitrogen and oxygen atoms in total. The smallest absolute Gasteiger partial charge is 0.118 e. The Morgan fingerprint density at radius 2 is 2.10 bits per heavy atom. The van der Waals surface area contributed by atoms with E-state index < -0.39 is 0 Å². The molecule has 20 heavy (non-hydrogen) atoms. The van der Waals surface area contributed by atoms with Crippen LogP contribution in [0.25, 0.3) is 0 Å². The van der Waals surface area contributed by atoms with E-state index in [2.05, 4.69) is 30.9 Å². The molecular weight excluding hydrogens is 252 g/mol. The topological polar surface area (TPSA) is 47.7 Å². The van der Waals surface area contributed by atoms with Crippen molar-refractivity contribution in [1.82, 2.24) is 4.90 Å². The van der Waals surface area contributed by atoms with E-state index in [1.165, 1.54) is 5.56 Å². The largest absolute Gasteiger partial charge is 0.497 e. The minimum Gasteiger partial charge on any atom is -0.497 e. The molecular formula is C16H26N2O2. The van der Waals surface area contributed by atoms with E-state index in [0.29, 0.717) is 0 Å². The molecule has 4 heteroatoms. The maximum absolute atomic E-state index is 6.38. The van der Waals surface area contributed by atoms with Crippen molar-refractivity contribution in [3.8, 4) is 5.75 Å². The number of rotatable bonds is 5. The van der Waals surface area contributed by atoms with Gasteiger partial charge in [0.2, 0.25) is 0 Å². The molecule has 2 rings (SSSR count). The minimum absolute atomic E-state index is 0.133. The zero-order valence-corrected chi connectivity index (χ0v) is 12.7. The third-order valence-corrected chi connectivity index (χ3v) is 4.00. The molecule has 1 aromatic rings. The molecule has 0 bridgehead atoms. The van der Waals surface area contributed by atoms with Gasteiger partial charge in [0.15, 0.2) is 0 Å². The quantitative estimate of drug-likeness (QED) is 0.897. The van der Waals surface area contributed by atoms with E-state index >= 15 is 0 Å². The summed E-state index contributed by atoms with van der Waals surface area (Å²) in [5.41, 5.74) is 7.64. The van der Waals surface area contributed by atoms with Gasteiger partial charge in [-0.15, -0.1) is 0 Å². The lowest BCUT2D eigenvalue weighted by Gasteiger charge is -2.40. The highest BCUT2D eigenvalue weighted by Crippen LogP contribution is 2.28. The predicted octanol–water partition coefficient (Wildman–Crippen LogP) is 2.19. The average Bonchev–Trinajstić information content (AvgIpc) is 2.48. The van der Waals surface area contributed by atoms with Crippen molar-refractivity contribution in [3.05, 3.63) is 29.8 Å². The van der Waals surface area contributed by atoms with E-state index in [1.807, 2.05) is 12.1 Å². The van der Waals surface area contributed by atoms with E-state index in [9.17, 15) is 0 Å². The van der Waals surface area contributed by atoms with Gasteiger partial charge in [0.05, 0.1) is 25.9 Å². The van der Waals surface area contributed by atoms with Gasteiger partial charge in [-0.3, -0.25) is 4.90 Å². The summed E-state index contributed by atoms with van der Waals surface area (Å²) in [6.45, 7) is 6.92. The summed E-state index contributed by atoms with van der Waals surface area (Å²) >= 11 is 0. The van der Waals surface area contributed by atoms with Crippen LogP contribution in [-0.4, -0.2) is 43.9 Å². The zero-order chi connectivity index (χ0) is 14.5. The molecule has 0 radical (unpaired) electrons. The normalized spacial score (nSPS) is 23.3. The Morgan fingerprint density at radius 1 is 1.40 bits per heavy atom. The summed E-state index contributed by atoms with van der Waals surface area (Å²) in [4.78, 5) is 2.45. The highest BCUT2D eigenvalue weighted by molar-refractivity contribution is 5.30. The minimum atomic E-state index is 0.133. The summed E-state index contributed by atoms with van der Waals surface area (Å²) < 4.78 is 10.9. The Hall–Kier alpha value is -1.10. The fourth-order valence-corrected chi connectivity index (χ4v) is 2.85. The van der Waals surface area contributed by atoms with Crippen LogP contribution in [0.1, 0.15) is 31.9 Å². The number of ether oxygens (including phenoxy) is 2. The Bertz CT molecular complexity index is 407. The van der Waals surface area contributed by atoms with Crippen LogP contribution >= 0.6 is 0 Å². The first-order valence-electron chi connectivity index (χ1n) is 7.41. The Labute approximate surface area is 121 Å². The van der Waals surface area contributed by atoms with Crippen molar-refractivity contribution in [2.45, 2.75) is 38.5 Å². The van der Waals surface area contributed by atoms with Crippen LogP contribution < -0.4 is 10.5 Å². The number of nitrogens with zero attached hydrogens (tertiary/aromatic N) is 1. The first kappa shape index (κ1) is 15.3. The molecule has 1 heterocycles. The second kappa shape index (κ2) is 7.07. The molecule has 1 fully saturated rings. The van der Waals surface area contributed by atoms with Crippen molar-refractivity contribution in [2.75, 3.05) is 26.8 Å². The van der Waals surface area contributed by atoms with Crippen LogP contribution in [-0.2, 0) is 4.74 Å². The van der Waals surface area contributed by atoms with Crippen LogP contribution in [0.3, 0.4) is 0 Å². The fourth-order valence-electron chi connectivity index (χ4n) is 2.85. The molecule has 3 unspecified atom stereocenters. The van der Waals surface area contributed by atoms with Crippen molar-refractivity contribution >= 4 is 0 Å². The van der Waals surface area contributed by atoms with Crippen LogP contribution in [0.4, 0.5) is 0 Å². The second-order valence-corrected chi connectivity index (χ2v) is 5.47. The molecule has 1 aliphatic heterocycles. The van der Waals surface area contributed by atoms with Gasteiger partial charge in [-0.25, -0.2) is 0 Å². The molecule has 3 atom stereocenters. The molecule has 1 aliphatic rings. The van der Waals surface area contributed by atoms with Gasteiger partial charge in [-0.05, 0) is 31.0 Å². The maximum Gasteiger partial charge on any atom is 0.118 e. The molecule has 0 saturated carbocycles. The summed E-state index contributed by atoms with van der Waals surface area (Å²) in [5.74, 6) is 0.882. The van der Waals surface area contributed by atoms with Crippen LogP contribution in [0, 0.1) is 0 Å². The fraction of sp³-hybridized carbons (Fsp3) is 0.625. The van der Waals surface area contributed by atoms with Gasteiger partial charge in [-0.2, -0.15) is 0 Å². The molecule has 1 saturated heterocycles. The van der Waals surface area contributed by atoms with E-state index in [1.54, 1.807) is 7.11 Å². The Morgan fingerprint density at radius 3 is 2.65 bits per heavy atom. The molecule has 0 aliphatic carbocycles. The molecule has 112 valence electrons. The first-order chi connectivity index (χ1) is 9.65. The van der Waals surface area contributed by atoms with Crippen molar-refractivity contribution in [3.63, 3.8) is 0 Å². The second-order valence-electron chi connectivity index (χ2n) is 5.47. The SMILES string of the molecule is CCC(N)C(c1ccc(OC)cc1)N1CCOC(C)C1. The van der Waals surface area contributed by atoms with Gasteiger partial charge >= 0.3 is 0 Å². The van der Waals surface area contributed by atoms with Crippen molar-refractivity contribution < 1.29 is 9.47 Å². The maximum atomic E-state index is 6.38. The van der Waals surface area contributed by atoms with Gasteiger partial charge < -0.3 is 15.2 Å². The lowest BCUT2D eigenvalue weighted by atomic mass is 9.95. The lowest BCUT2D eigenvalue weighted by molar-refractivity contribution is -0.0386. The molecule has 0 amide bonds. The summed E-state index contributed by atoms with van der Waals surface area (Å²) in [5, 5.41) is 0. The number of nitrogens with two attached hydrogens (primary N) is 1. The highest BCUT2D eigenvalue weighted by Gasteiger charge is 2.29. The number of methoxy groups -OCH3 is 1. The Kier molecular flexibility index (Phi) is 5.40. The summed E-state index contributed by atoms with van der Waals surface area (Å²) in [7, 11) is 1.69. The summed E-state index contributed by atoms with van der Waals surface area (Å²) in [6, 6.07) is 8.65. The van der Waals surface area contributed by atoms with E-state index in [4.69, 9.17) is 15.2 Å². The zero-order valence-electron chi connectivity index (χ0n) is 12.7. The number of hydrogen-bond acceptors (Lipinski definition) is 4. The summed E-state index contributed by atoms with van der Waals surface area (Å²) in [6.07, 6.45) is 1.23. The van der Waals surface area contributed by atoms with Crippen molar-refractivity contribution in [1.29, 1.82) is 0 Å². The van der Waals surface area contributed by atoms with E-state index in [-0.39, 0.29) is 18.2 Å². The molecule has 1 aromatic carbocycles. The average molecular weight is 278 g/mol. The highest BCUT2D eigenvalue weighted by atomic mass is 16.5. The molecule has 0 aromatic heterocycles. The third-order valence-electron chi connectivity index (χ3n) is 4.00. The van der Waals surface area contributed by atoms with Crippen molar-refractivity contribution in [2.24, 2.45) is 5.73 Å². The number of benzene rings is 1. The number of hydrogen-bond donors (Lipinski definition) is 1. The van der Waals surface area contributed by atoms with E-state index in [0.717, 1.165) is 31.9 Å². The Balaban J connectivity index is 2.21. The lowest BCUT2D eigenvalue weighted by Crippen LogP contribution is -2.48. The molecule has 2 N–H and O–H groups in total. The molecule has 0 spiro atoms.